The number of hydrogen-bond donors (Lipinski definition) is 0. The monoisotopic (exact) mass is 306 g/mol. The first-order valence-electron chi connectivity index (χ1n) is 5.20. The lowest BCUT2D eigenvalue weighted by Gasteiger charge is -2.13. The zero-order chi connectivity index (χ0) is 12.8. The van der Waals surface area contributed by atoms with E-state index in [-0.39, 0.29) is 28.7 Å². The average molecular weight is 307 g/mol. The van der Waals surface area contributed by atoms with Crippen LogP contribution in [0.4, 0.5) is 8.78 Å². The summed E-state index contributed by atoms with van der Waals surface area (Å²) in [6, 6.07) is 4.44. The number of alkyl halides is 3. The second kappa shape index (κ2) is 6.69. The van der Waals surface area contributed by atoms with Crippen LogP contribution >= 0.6 is 15.9 Å². The Bertz CT molecular complexity index is 394. The SMILES string of the molecule is CCOc1cccc(C(F)F)c1CC(=O)CBr. The minimum Gasteiger partial charge on any atom is -0.494 e. The molecule has 0 atom stereocenters. The number of hydrogen-bond acceptors (Lipinski definition) is 2. The molecule has 0 bridgehead atoms. The van der Waals surface area contributed by atoms with Crippen molar-refractivity contribution in [3.05, 3.63) is 29.3 Å². The third kappa shape index (κ3) is 3.77. The molecule has 0 saturated heterocycles. The van der Waals surface area contributed by atoms with Crippen molar-refractivity contribution in [1.29, 1.82) is 0 Å². The molecule has 0 N–H and O–H groups in total. The molecule has 17 heavy (non-hydrogen) atoms. The van der Waals surface area contributed by atoms with Gasteiger partial charge >= 0.3 is 0 Å². The summed E-state index contributed by atoms with van der Waals surface area (Å²) < 4.78 is 30.9. The molecule has 94 valence electrons. The smallest absolute Gasteiger partial charge is 0.264 e. The standard InChI is InChI=1S/C12H13BrF2O2/c1-2-17-11-5-3-4-9(12(14)15)10(11)6-8(16)7-13/h3-5,12H,2,6-7H2,1H3. The molecule has 0 aliphatic heterocycles. The van der Waals surface area contributed by atoms with Crippen LogP contribution in [0.25, 0.3) is 0 Å². The van der Waals surface area contributed by atoms with Gasteiger partial charge in [-0.25, -0.2) is 8.78 Å². The molecule has 0 aliphatic rings. The molecule has 2 nitrogen and oxygen atoms in total. The van der Waals surface area contributed by atoms with E-state index in [2.05, 4.69) is 15.9 Å². The Morgan fingerprint density at radius 3 is 2.71 bits per heavy atom. The minimum absolute atomic E-state index is 0.0406. The number of carbonyl (C=O) groups is 1. The minimum atomic E-state index is -2.60. The van der Waals surface area contributed by atoms with Gasteiger partial charge in [0.1, 0.15) is 11.5 Å². The summed E-state index contributed by atoms with van der Waals surface area (Å²) in [4.78, 5) is 11.4. The quantitative estimate of drug-likeness (QED) is 0.752. The maximum absolute atomic E-state index is 12.8. The zero-order valence-electron chi connectivity index (χ0n) is 9.38. The Morgan fingerprint density at radius 1 is 1.47 bits per heavy atom. The summed E-state index contributed by atoms with van der Waals surface area (Å²) in [7, 11) is 0. The van der Waals surface area contributed by atoms with Gasteiger partial charge in [0, 0.05) is 17.5 Å². The molecule has 1 rings (SSSR count). The Balaban J connectivity index is 3.13. The molecule has 1 aromatic rings. The Hall–Kier alpha value is -0.970. The maximum Gasteiger partial charge on any atom is 0.264 e. The lowest BCUT2D eigenvalue weighted by Crippen LogP contribution is -2.09. The molecule has 0 aromatic heterocycles. The highest BCUT2D eigenvalue weighted by molar-refractivity contribution is 9.09. The highest BCUT2D eigenvalue weighted by Crippen LogP contribution is 2.30. The number of ether oxygens (including phenoxy) is 1. The number of carbonyl (C=O) groups excluding carboxylic acids is 1. The van der Waals surface area contributed by atoms with E-state index in [1.54, 1.807) is 13.0 Å². The number of benzene rings is 1. The second-order valence-electron chi connectivity index (χ2n) is 3.41. The van der Waals surface area contributed by atoms with Crippen molar-refractivity contribution in [1.82, 2.24) is 0 Å². The van der Waals surface area contributed by atoms with Gasteiger partial charge in [-0.05, 0) is 13.0 Å². The fourth-order valence-electron chi connectivity index (χ4n) is 1.51. The third-order valence-electron chi connectivity index (χ3n) is 2.23. The van der Waals surface area contributed by atoms with Gasteiger partial charge in [-0.3, -0.25) is 4.79 Å². The van der Waals surface area contributed by atoms with Crippen LogP contribution in [-0.2, 0) is 11.2 Å². The van der Waals surface area contributed by atoms with Gasteiger partial charge in [0.15, 0.2) is 0 Å². The second-order valence-corrected chi connectivity index (χ2v) is 3.97. The van der Waals surface area contributed by atoms with Gasteiger partial charge in [0.05, 0.1) is 11.9 Å². The van der Waals surface area contributed by atoms with E-state index in [0.717, 1.165) is 0 Å². The van der Waals surface area contributed by atoms with Crippen molar-refractivity contribution >= 4 is 21.7 Å². The molecule has 0 saturated carbocycles. The number of halogens is 3. The van der Waals surface area contributed by atoms with Crippen molar-refractivity contribution in [3.63, 3.8) is 0 Å². The summed E-state index contributed by atoms with van der Waals surface area (Å²) >= 11 is 3.02. The molecule has 0 heterocycles. The molecule has 5 heteroatoms. The van der Waals surface area contributed by atoms with Crippen LogP contribution < -0.4 is 4.74 Å². The predicted octanol–water partition coefficient (Wildman–Crippen LogP) is 3.53. The van der Waals surface area contributed by atoms with Gasteiger partial charge in [-0.15, -0.1) is 0 Å². The first kappa shape index (κ1) is 14.1. The third-order valence-corrected chi connectivity index (χ3v) is 2.85. The number of ketones is 1. The Morgan fingerprint density at radius 2 is 2.18 bits per heavy atom. The number of rotatable bonds is 6. The van der Waals surface area contributed by atoms with Crippen LogP contribution in [0.1, 0.15) is 24.5 Å². The van der Waals surface area contributed by atoms with Crippen LogP contribution in [0.3, 0.4) is 0 Å². The molecular weight excluding hydrogens is 294 g/mol. The topological polar surface area (TPSA) is 26.3 Å². The van der Waals surface area contributed by atoms with E-state index in [4.69, 9.17) is 4.74 Å². The summed E-state index contributed by atoms with van der Waals surface area (Å²) in [5.74, 6) is 0.207. The van der Waals surface area contributed by atoms with Crippen LogP contribution in [0.5, 0.6) is 5.75 Å². The summed E-state index contributed by atoms with van der Waals surface area (Å²) in [5.41, 5.74) is 0.152. The van der Waals surface area contributed by atoms with Crippen molar-refractivity contribution in [2.45, 2.75) is 19.8 Å². The van der Waals surface area contributed by atoms with Gasteiger partial charge < -0.3 is 4.74 Å². The lowest BCUT2D eigenvalue weighted by atomic mass is 10.0. The lowest BCUT2D eigenvalue weighted by molar-refractivity contribution is -0.115. The van der Waals surface area contributed by atoms with E-state index < -0.39 is 6.43 Å². The van der Waals surface area contributed by atoms with Gasteiger partial charge in [0.25, 0.3) is 6.43 Å². The van der Waals surface area contributed by atoms with Crippen molar-refractivity contribution in [2.24, 2.45) is 0 Å². The van der Waals surface area contributed by atoms with E-state index in [1.165, 1.54) is 12.1 Å². The molecular formula is C12H13BrF2O2. The van der Waals surface area contributed by atoms with Gasteiger partial charge in [-0.1, -0.05) is 28.1 Å². The maximum atomic E-state index is 12.8. The fourth-order valence-corrected chi connectivity index (χ4v) is 1.71. The fraction of sp³-hybridized carbons (Fsp3) is 0.417. The van der Waals surface area contributed by atoms with E-state index in [0.29, 0.717) is 12.4 Å². The first-order chi connectivity index (χ1) is 8.10. The summed E-state index contributed by atoms with van der Waals surface area (Å²) in [6.45, 7) is 2.15. The number of Topliss-reactive ketones (excluding diaryl/α,β-unsaturated/α-hetero) is 1. The first-order valence-corrected chi connectivity index (χ1v) is 6.32. The van der Waals surface area contributed by atoms with Crippen molar-refractivity contribution in [3.8, 4) is 5.75 Å². The van der Waals surface area contributed by atoms with Crippen LogP contribution in [0.15, 0.2) is 18.2 Å². The predicted molar refractivity (Wildman–Crippen MR) is 65.1 cm³/mol. The van der Waals surface area contributed by atoms with Crippen LogP contribution in [0.2, 0.25) is 0 Å². The van der Waals surface area contributed by atoms with Crippen LogP contribution in [-0.4, -0.2) is 17.7 Å². The van der Waals surface area contributed by atoms with E-state index in [9.17, 15) is 13.6 Å². The molecule has 1 aromatic carbocycles. The van der Waals surface area contributed by atoms with E-state index >= 15 is 0 Å². The summed E-state index contributed by atoms with van der Waals surface area (Å²) in [5, 5.41) is 0.149. The normalized spacial score (nSPS) is 10.6. The highest BCUT2D eigenvalue weighted by atomic mass is 79.9. The molecule has 0 amide bonds. The van der Waals surface area contributed by atoms with Gasteiger partial charge in [0.2, 0.25) is 0 Å². The highest BCUT2D eigenvalue weighted by Gasteiger charge is 2.18. The van der Waals surface area contributed by atoms with E-state index in [1.807, 2.05) is 0 Å². The zero-order valence-corrected chi connectivity index (χ0v) is 11.0. The van der Waals surface area contributed by atoms with Crippen molar-refractivity contribution < 1.29 is 18.3 Å². The Kier molecular flexibility index (Phi) is 5.55. The molecule has 0 spiro atoms. The molecule has 0 aliphatic carbocycles. The molecule has 0 fully saturated rings. The van der Waals surface area contributed by atoms with Crippen LogP contribution in [0, 0.1) is 0 Å². The molecule has 0 unspecified atom stereocenters. The summed E-state index contributed by atoms with van der Waals surface area (Å²) in [6.07, 6.45) is -2.64. The van der Waals surface area contributed by atoms with Crippen molar-refractivity contribution in [2.75, 3.05) is 11.9 Å². The average Bonchev–Trinajstić information content (AvgIpc) is 2.31. The Labute approximate surface area is 107 Å². The molecule has 0 radical (unpaired) electrons. The largest absolute Gasteiger partial charge is 0.494 e. The van der Waals surface area contributed by atoms with Gasteiger partial charge in [-0.2, -0.15) is 0 Å².